The van der Waals surface area contributed by atoms with E-state index in [4.69, 9.17) is 4.74 Å². The first-order valence-corrected chi connectivity index (χ1v) is 6.99. The summed E-state index contributed by atoms with van der Waals surface area (Å²) in [6, 6.07) is 14.2. The summed E-state index contributed by atoms with van der Waals surface area (Å²) in [5.74, 6) is -0.142. The second kappa shape index (κ2) is 5.92. The van der Waals surface area contributed by atoms with Gasteiger partial charge in [0.05, 0.1) is 18.2 Å². The molecule has 2 aromatic carbocycles. The molecule has 6 nitrogen and oxygen atoms in total. The summed E-state index contributed by atoms with van der Waals surface area (Å²) in [6.45, 7) is 0. The van der Waals surface area contributed by atoms with Crippen molar-refractivity contribution in [2.75, 3.05) is 7.11 Å². The van der Waals surface area contributed by atoms with Gasteiger partial charge in [0.1, 0.15) is 5.75 Å². The second-order valence-corrected chi connectivity index (χ2v) is 4.95. The molecule has 1 N–H and O–H groups in total. The lowest BCUT2D eigenvalue weighted by Crippen LogP contribution is -1.97. The average molecular weight is 309 g/mol. The molecule has 0 spiro atoms. The molecular weight excluding hydrogens is 294 g/mol. The fourth-order valence-electron chi connectivity index (χ4n) is 2.43. The monoisotopic (exact) mass is 309 g/mol. The molecule has 23 heavy (non-hydrogen) atoms. The summed E-state index contributed by atoms with van der Waals surface area (Å²) in [6.07, 6.45) is 0. The highest BCUT2D eigenvalue weighted by molar-refractivity contribution is 5.98. The van der Waals surface area contributed by atoms with Crippen molar-refractivity contribution in [2.45, 2.75) is 0 Å². The van der Waals surface area contributed by atoms with E-state index in [2.05, 4.69) is 10.2 Å². The molecule has 0 aliphatic rings. The lowest BCUT2D eigenvalue weighted by Gasteiger charge is -2.03. The van der Waals surface area contributed by atoms with Crippen molar-refractivity contribution in [1.82, 2.24) is 4.57 Å². The number of aromatic hydroxyl groups is 1. The lowest BCUT2D eigenvalue weighted by atomic mass is 10.2. The van der Waals surface area contributed by atoms with Crippen LogP contribution in [0, 0.1) is 0 Å². The van der Waals surface area contributed by atoms with Crippen molar-refractivity contribution in [1.29, 1.82) is 0 Å². The zero-order valence-corrected chi connectivity index (χ0v) is 12.7. The van der Waals surface area contributed by atoms with Gasteiger partial charge in [-0.1, -0.05) is 30.3 Å². The first kappa shape index (κ1) is 14.8. The minimum Gasteiger partial charge on any atom is -0.496 e. The van der Waals surface area contributed by atoms with Gasteiger partial charge in [0.15, 0.2) is 5.69 Å². The van der Waals surface area contributed by atoms with Gasteiger partial charge in [0.25, 0.3) is 5.91 Å². The van der Waals surface area contributed by atoms with Crippen molar-refractivity contribution < 1.29 is 14.6 Å². The molecule has 0 unspecified atom stereocenters. The van der Waals surface area contributed by atoms with Gasteiger partial charge in [-0.25, -0.2) is 0 Å². The smallest absolute Gasteiger partial charge is 0.299 e. The highest BCUT2D eigenvalue weighted by Crippen LogP contribution is 2.37. The summed E-state index contributed by atoms with van der Waals surface area (Å²) in [4.78, 5) is 12.2. The van der Waals surface area contributed by atoms with Crippen molar-refractivity contribution in [3.63, 3.8) is 0 Å². The summed E-state index contributed by atoms with van der Waals surface area (Å²) in [5, 5.41) is 18.6. The molecule has 0 radical (unpaired) electrons. The van der Waals surface area contributed by atoms with Gasteiger partial charge in [0.2, 0.25) is 5.88 Å². The molecule has 116 valence electrons. The van der Waals surface area contributed by atoms with Gasteiger partial charge >= 0.3 is 0 Å². The number of rotatable bonds is 3. The van der Waals surface area contributed by atoms with Crippen LogP contribution in [0.4, 0.5) is 5.69 Å². The predicted octanol–water partition coefficient (Wildman–Crippen LogP) is 3.82. The highest BCUT2D eigenvalue weighted by atomic mass is 16.5. The van der Waals surface area contributed by atoms with Crippen LogP contribution in [0.5, 0.6) is 11.6 Å². The molecule has 0 bridgehead atoms. The Morgan fingerprint density at radius 2 is 1.83 bits per heavy atom. The Kier molecular flexibility index (Phi) is 3.80. The summed E-state index contributed by atoms with van der Waals surface area (Å²) in [7, 11) is 3.21. The minimum absolute atomic E-state index is 0.0391. The maximum Gasteiger partial charge on any atom is 0.299 e. The second-order valence-electron chi connectivity index (χ2n) is 4.95. The van der Waals surface area contributed by atoms with E-state index in [0.717, 1.165) is 10.9 Å². The Morgan fingerprint density at radius 1 is 1.13 bits per heavy atom. The number of hydrogen-bond donors (Lipinski definition) is 1. The lowest BCUT2D eigenvalue weighted by molar-refractivity contribution is 0.0992. The van der Waals surface area contributed by atoms with Crippen molar-refractivity contribution in [3.05, 3.63) is 54.1 Å². The van der Waals surface area contributed by atoms with Gasteiger partial charge in [-0.3, -0.25) is 4.79 Å². The van der Waals surface area contributed by atoms with Crippen molar-refractivity contribution >= 4 is 22.5 Å². The van der Waals surface area contributed by atoms with E-state index in [0.29, 0.717) is 11.3 Å². The molecule has 0 atom stereocenters. The normalized spacial score (nSPS) is 11.2. The van der Waals surface area contributed by atoms with Crippen molar-refractivity contribution in [2.24, 2.45) is 17.3 Å². The molecule has 0 saturated heterocycles. The van der Waals surface area contributed by atoms with E-state index >= 15 is 0 Å². The summed E-state index contributed by atoms with van der Waals surface area (Å²) < 4.78 is 6.74. The first-order valence-electron chi connectivity index (χ1n) is 6.99. The van der Waals surface area contributed by atoms with Gasteiger partial charge < -0.3 is 14.4 Å². The Morgan fingerprint density at radius 3 is 2.61 bits per heavy atom. The number of fused-ring (bicyclic) bond motifs is 1. The number of hydrogen-bond acceptors (Lipinski definition) is 4. The van der Waals surface area contributed by atoms with Crippen LogP contribution in [0.3, 0.4) is 0 Å². The molecule has 1 heterocycles. The highest BCUT2D eigenvalue weighted by Gasteiger charge is 2.15. The number of methoxy groups -OCH3 is 1. The van der Waals surface area contributed by atoms with Crippen LogP contribution in [0.1, 0.15) is 10.4 Å². The van der Waals surface area contributed by atoms with Crippen LogP contribution in [-0.4, -0.2) is 22.7 Å². The Balaban J connectivity index is 2.01. The van der Waals surface area contributed by atoms with Gasteiger partial charge in [-0.2, -0.15) is 0 Å². The van der Waals surface area contributed by atoms with E-state index in [1.807, 2.05) is 24.3 Å². The molecule has 3 aromatic rings. The Bertz CT molecular complexity index is 913. The number of benzene rings is 2. The SMILES string of the molecule is COc1ccccc1C(=O)N=Nc1c(O)n(C)c2ccccc12. The third-order valence-electron chi connectivity index (χ3n) is 3.63. The Labute approximate surface area is 132 Å². The van der Waals surface area contributed by atoms with E-state index in [1.54, 1.807) is 35.9 Å². The van der Waals surface area contributed by atoms with Gasteiger partial charge in [-0.15, -0.1) is 10.2 Å². The maximum atomic E-state index is 12.2. The molecule has 0 aliphatic heterocycles. The Hall–Kier alpha value is -3.15. The predicted molar refractivity (Wildman–Crippen MR) is 86.4 cm³/mol. The van der Waals surface area contributed by atoms with E-state index < -0.39 is 5.91 Å². The number of ether oxygens (including phenoxy) is 1. The van der Waals surface area contributed by atoms with Gasteiger partial charge in [0, 0.05) is 12.4 Å². The van der Waals surface area contributed by atoms with E-state index in [-0.39, 0.29) is 11.6 Å². The molecule has 6 heteroatoms. The first-order chi connectivity index (χ1) is 11.1. The van der Waals surface area contributed by atoms with Crippen molar-refractivity contribution in [3.8, 4) is 11.6 Å². The zero-order valence-electron chi connectivity index (χ0n) is 12.7. The van der Waals surface area contributed by atoms with E-state index in [9.17, 15) is 9.90 Å². The zero-order chi connectivity index (χ0) is 16.4. The van der Waals surface area contributed by atoms with Crippen LogP contribution >= 0.6 is 0 Å². The fourth-order valence-corrected chi connectivity index (χ4v) is 2.43. The molecule has 1 amide bonds. The summed E-state index contributed by atoms with van der Waals surface area (Å²) in [5.41, 5.74) is 1.40. The molecule has 0 aliphatic carbocycles. The minimum atomic E-state index is -0.533. The average Bonchev–Trinajstić information content (AvgIpc) is 2.84. The fraction of sp³-hybridized carbons (Fsp3) is 0.118. The third-order valence-corrected chi connectivity index (χ3v) is 3.63. The molecule has 1 aromatic heterocycles. The number of azo groups is 1. The molecule has 0 fully saturated rings. The van der Waals surface area contributed by atoms with Crippen LogP contribution in [0.25, 0.3) is 10.9 Å². The van der Waals surface area contributed by atoms with E-state index in [1.165, 1.54) is 7.11 Å². The number of carbonyl (C=O) groups is 1. The standard InChI is InChI=1S/C17H15N3O3/c1-20-13-9-5-3-7-11(13)15(17(20)22)18-19-16(21)12-8-4-6-10-14(12)23-2/h3-10,22H,1-2H3. The number of carbonyl (C=O) groups excluding carboxylic acids is 1. The number of amides is 1. The van der Waals surface area contributed by atoms with Crippen LogP contribution in [-0.2, 0) is 7.05 Å². The van der Waals surface area contributed by atoms with Crippen LogP contribution < -0.4 is 4.74 Å². The molecular formula is C17H15N3O3. The number of nitrogens with zero attached hydrogens (tertiary/aromatic N) is 3. The number of para-hydroxylation sites is 2. The van der Waals surface area contributed by atoms with Crippen LogP contribution in [0.15, 0.2) is 58.8 Å². The van der Waals surface area contributed by atoms with Gasteiger partial charge in [-0.05, 0) is 18.2 Å². The number of aryl methyl sites for hydroxylation is 1. The maximum absolute atomic E-state index is 12.2. The molecule has 3 rings (SSSR count). The topological polar surface area (TPSA) is 76.2 Å². The largest absolute Gasteiger partial charge is 0.496 e. The quantitative estimate of drug-likeness (QED) is 0.747. The van der Waals surface area contributed by atoms with Crippen LogP contribution in [0.2, 0.25) is 0 Å². The summed E-state index contributed by atoms with van der Waals surface area (Å²) >= 11 is 0. The molecule has 0 saturated carbocycles. The third kappa shape index (κ3) is 2.55. The number of aromatic nitrogens is 1.